The van der Waals surface area contributed by atoms with Gasteiger partial charge in [-0.2, -0.15) is 0 Å². The molecule has 0 N–H and O–H groups in total. The van der Waals surface area contributed by atoms with Gasteiger partial charge in [0.2, 0.25) is 5.91 Å². The van der Waals surface area contributed by atoms with Crippen molar-refractivity contribution in [3.8, 4) is 0 Å². The van der Waals surface area contributed by atoms with Gasteiger partial charge in [-0.05, 0) is 24.3 Å². The fourth-order valence-electron chi connectivity index (χ4n) is 2.20. The molecule has 2 heterocycles. The van der Waals surface area contributed by atoms with Gasteiger partial charge in [-0.1, -0.05) is 11.8 Å². The summed E-state index contributed by atoms with van der Waals surface area (Å²) >= 11 is 2.60. The van der Waals surface area contributed by atoms with Gasteiger partial charge in [-0.3, -0.25) is 9.59 Å². The van der Waals surface area contributed by atoms with Gasteiger partial charge in [0.25, 0.3) is 0 Å². The molecule has 0 radical (unpaired) electrons. The average Bonchev–Trinajstić information content (AvgIpc) is 3.02. The van der Waals surface area contributed by atoms with E-state index < -0.39 is 5.97 Å². The Labute approximate surface area is 131 Å². The zero-order chi connectivity index (χ0) is 15.4. The van der Waals surface area contributed by atoms with E-state index in [-0.39, 0.29) is 16.9 Å². The Bertz CT molecular complexity index is 555. The first-order chi connectivity index (χ1) is 10.0. The Balaban J connectivity index is 2.09. The summed E-state index contributed by atoms with van der Waals surface area (Å²) in [6.45, 7) is 4.13. The van der Waals surface area contributed by atoms with Crippen LogP contribution in [0.1, 0.15) is 30.6 Å². The highest BCUT2D eigenvalue weighted by atomic mass is 32.2. The highest BCUT2D eigenvalue weighted by molar-refractivity contribution is 8.13. The van der Waals surface area contributed by atoms with Crippen molar-refractivity contribution in [3.05, 3.63) is 17.0 Å². The van der Waals surface area contributed by atoms with E-state index >= 15 is 0 Å². The van der Waals surface area contributed by atoms with E-state index in [4.69, 9.17) is 4.74 Å². The fraction of sp³-hybridized carbons (Fsp3) is 0.500. The maximum atomic E-state index is 12.1. The van der Waals surface area contributed by atoms with Crippen LogP contribution in [0.5, 0.6) is 0 Å². The molecule has 2 rings (SSSR count). The van der Waals surface area contributed by atoms with Gasteiger partial charge in [-0.15, -0.1) is 11.3 Å². The maximum absolute atomic E-state index is 12.1. The molecule has 1 atom stereocenters. The number of ether oxygens (including phenoxy) is 1. The normalized spacial score (nSPS) is 18.1. The molecule has 1 amide bonds. The molecular formula is C14H17NO4S2. The van der Waals surface area contributed by atoms with E-state index in [0.717, 1.165) is 0 Å². The molecule has 114 valence electrons. The van der Waals surface area contributed by atoms with Crippen LogP contribution < -0.4 is 4.90 Å². The zero-order valence-electron chi connectivity index (χ0n) is 12.0. The summed E-state index contributed by atoms with van der Waals surface area (Å²) in [6, 6.07) is 1.68. The number of thioether (sulfide) groups is 1. The van der Waals surface area contributed by atoms with E-state index in [1.807, 2.05) is 0 Å². The minimum atomic E-state index is -0.400. The highest BCUT2D eigenvalue weighted by Crippen LogP contribution is 2.34. The van der Waals surface area contributed by atoms with Crippen LogP contribution in [0.15, 0.2) is 11.4 Å². The standard InChI is InChI=1S/C14H17NO4S2/c1-3-19-14(18)11-4-5-20-13(11)15-7-10(6-12(15)17)8-21-9(2)16/h4-5,10H,3,6-8H2,1-2H3. The Morgan fingerprint density at radius 1 is 1.52 bits per heavy atom. The van der Waals surface area contributed by atoms with Crippen molar-refractivity contribution in [1.82, 2.24) is 0 Å². The quantitative estimate of drug-likeness (QED) is 0.778. The molecular weight excluding hydrogens is 310 g/mol. The average molecular weight is 327 g/mol. The summed E-state index contributed by atoms with van der Waals surface area (Å²) in [5, 5.41) is 2.49. The predicted molar refractivity (Wildman–Crippen MR) is 83.9 cm³/mol. The van der Waals surface area contributed by atoms with Crippen molar-refractivity contribution < 1.29 is 19.1 Å². The predicted octanol–water partition coefficient (Wildman–Crippen LogP) is 2.56. The number of hydrogen-bond acceptors (Lipinski definition) is 6. The molecule has 0 saturated carbocycles. The lowest BCUT2D eigenvalue weighted by Crippen LogP contribution is -2.25. The third-order valence-corrected chi connectivity index (χ3v) is 5.09. The third kappa shape index (κ3) is 3.85. The van der Waals surface area contributed by atoms with Crippen LogP contribution in [-0.4, -0.2) is 35.9 Å². The van der Waals surface area contributed by atoms with Crippen LogP contribution in [0, 0.1) is 5.92 Å². The van der Waals surface area contributed by atoms with Gasteiger partial charge in [0, 0.05) is 25.6 Å². The van der Waals surface area contributed by atoms with Gasteiger partial charge in [0.05, 0.1) is 12.2 Å². The molecule has 5 nitrogen and oxygen atoms in total. The summed E-state index contributed by atoms with van der Waals surface area (Å²) in [7, 11) is 0. The number of thiophene rings is 1. The monoisotopic (exact) mass is 327 g/mol. The molecule has 0 aliphatic carbocycles. The lowest BCUT2D eigenvalue weighted by molar-refractivity contribution is -0.117. The van der Waals surface area contributed by atoms with Crippen LogP contribution in [0.25, 0.3) is 0 Å². The number of carbonyl (C=O) groups is 3. The molecule has 1 aliphatic heterocycles. The number of hydrogen-bond donors (Lipinski definition) is 0. The van der Waals surface area contributed by atoms with Gasteiger partial charge < -0.3 is 9.64 Å². The van der Waals surface area contributed by atoms with Crippen molar-refractivity contribution in [2.24, 2.45) is 5.92 Å². The molecule has 21 heavy (non-hydrogen) atoms. The summed E-state index contributed by atoms with van der Waals surface area (Å²) in [6.07, 6.45) is 0.417. The van der Waals surface area contributed by atoms with Crippen molar-refractivity contribution in [2.75, 3.05) is 23.8 Å². The second-order valence-corrected chi connectivity index (χ2v) is 6.83. The maximum Gasteiger partial charge on any atom is 0.341 e. The Morgan fingerprint density at radius 3 is 2.95 bits per heavy atom. The Morgan fingerprint density at radius 2 is 2.29 bits per heavy atom. The minimum Gasteiger partial charge on any atom is -0.462 e. The molecule has 0 spiro atoms. The summed E-state index contributed by atoms with van der Waals surface area (Å²) in [5.41, 5.74) is 0.440. The fourth-order valence-corrected chi connectivity index (χ4v) is 3.81. The van der Waals surface area contributed by atoms with Gasteiger partial charge >= 0.3 is 5.97 Å². The summed E-state index contributed by atoms with van der Waals surface area (Å²) < 4.78 is 5.01. The molecule has 1 fully saturated rings. The second kappa shape index (κ2) is 7.09. The van der Waals surface area contributed by atoms with Crippen molar-refractivity contribution in [1.29, 1.82) is 0 Å². The third-order valence-electron chi connectivity index (χ3n) is 3.11. The molecule has 0 aromatic carbocycles. The molecule has 1 saturated heterocycles. The Kier molecular flexibility index (Phi) is 5.41. The van der Waals surface area contributed by atoms with Crippen LogP contribution in [0.4, 0.5) is 5.00 Å². The van der Waals surface area contributed by atoms with Gasteiger partial charge in [-0.25, -0.2) is 4.79 Å². The molecule has 1 unspecified atom stereocenters. The number of esters is 1. The summed E-state index contributed by atoms with van der Waals surface area (Å²) in [5.74, 6) is 0.376. The molecule has 7 heteroatoms. The lowest BCUT2D eigenvalue weighted by atomic mass is 10.1. The van der Waals surface area contributed by atoms with Crippen LogP contribution in [0.3, 0.4) is 0 Å². The van der Waals surface area contributed by atoms with Crippen molar-refractivity contribution >= 4 is 45.1 Å². The molecule has 1 aromatic rings. The highest BCUT2D eigenvalue weighted by Gasteiger charge is 2.33. The topological polar surface area (TPSA) is 63.7 Å². The van der Waals surface area contributed by atoms with Crippen LogP contribution in [-0.2, 0) is 14.3 Å². The lowest BCUT2D eigenvalue weighted by Gasteiger charge is -2.16. The first kappa shape index (κ1) is 16.0. The number of rotatable bonds is 5. The summed E-state index contributed by atoms with van der Waals surface area (Å²) in [4.78, 5) is 36.7. The largest absolute Gasteiger partial charge is 0.462 e. The van der Waals surface area contributed by atoms with Gasteiger partial charge in [0.1, 0.15) is 5.00 Å². The van der Waals surface area contributed by atoms with Crippen LogP contribution >= 0.6 is 23.1 Å². The smallest absolute Gasteiger partial charge is 0.341 e. The molecule has 1 aromatic heterocycles. The number of carbonyl (C=O) groups excluding carboxylic acids is 3. The van der Waals surface area contributed by atoms with E-state index in [0.29, 0.717) is 35.9 Å². The zero-order valence-corrected chi connectivity index (χ0v) is 13.6. The number of anilines is 1. The van der Waals surface area contributed by atoms with Gasteiger partial charge in [0.15, 0.2) is 5.12 Å². The van der Waals surface area contributed by atoms with Crippen LogP contribution in [0.2, 0.25) is 0 Å². The van der Waals surface area contributed by atoms with Crippen molar-refractivity contribution in [2.45, 2.75) is 20.3 Å². The van der Waals surface area contributed by atoms with E-state index in [1.54, 1.807) is 23.3 Å². The second-order valence-electron chi connectivity index (χ2n) is 4.74. The number of amides is 1. The van der Waals surface area contributed by atoms with E-state index in [9.17, 15) is 14.4 Å². The SMILES string of the molecule is CCOC(=O)c1ccsc1N1CC(CSC(C)=O)CC1=O. The first-order valence-corrected chi connectivity index (χ1v) is 8.57. The number of nitrogens with zero attached hydrogens (tertiary/aromatic N) is 1. The van der Waals surface area contributed by atoms with E-state index in [2.05, 4.69) is 0 Å². The molecule has 0 bridgehead atoms. The molecule has 1 aliphatic rings. The van der Waals surface area contributed by atoms with Crippen molar-refractivity contribution in [3.63, 3.8) is 0 Å². The van der Waals surface area contributed by atoms with E-state index in [1.165, 1.54) is 30.0 Å². The first-order valence-electron chi connectivity index (χ1n) is 6.71. The Hall–Kier alpha value is -1.34. The minimum absolute atomic E-state index is 0.00264.